The molecule has 0 saturated heterocycles. The number of aromatic nitrogens is 1. The monoisotopic (exact) mass is 270 g/mol. The highest BCUT2D eigenvalue weighted by atomic mass is 32.1. The summed E-state index contributed by atoms with van der Waals surface area (Å²) in [5, 5.41) is 13.4. The topological polar surface area (TPSA) is 62.2 Å². The van der Waals surface area contributed by atoms with Crippen LogP contribution in [0.25, 0.3) is 0 Å². The van der Waals surface area contributed by atoms with Gasteiger partial charge in [0.25, 0.3) is 0 Å². The van der Waals surface area contributed by atoms with Gasteiger partial charge in [0.15, 0.2) is 0 Å². The fraction of sp³-hybridized carbons (Fsp3) is 0.692. The van der Waals surface area contributed by atoms with E-state index < -0.39 is 6.10 Å². The van der Waals surface area contributed by atoms with Crippen LogP contribution in [0.2, 0.25) is 0 Å². The number of carbonyl (C=O) groups excluding carboxylic acids is 1. The van der Waals surface area contributed by atoms with Gasteiger partial charge in [0.05, 0.1) is 23.2 Å². The zero-order valence-corrected chi connectivity index (χ0v) is 12.3. The lowest BCUT2D eigenvalue weighted by molar-refractivity contribution is -0.123. The highest BCUT2D eigenvalue weighted by Gasteiger charge is 2.14. The van der Waals surface area contributed by atoms with Crippen molar-refractivity contribution >= 4 is 17.2 Å². The van der Waals surface area contributed by atoms with Gasteiger partial charge in [-0.15, -0.1) is 11.3 Å². The van der Waals surface area contributed by atoms with Crippen LogP contribution in [-0.4, -0.2) is 28.6 Å². The molecule has 2 N–H and O–H groups in total. The summed E-state index contributed by atoms with van der Waals surface area (Å²) in [6.07, 6.45) is 0.366. The minimum Gasteiger partial charge on any atom is -0.392 e. The maximum absolute atomic E-state index is 11.5. The predicted octanol–water partition coefficient (Wildman–Crippen LogP) is 1.83. The molecule has 0 fully saturated rings. The summed E-state index contributed by atoms with van der Waals surface area (Å²) >= 11 is 1.67. The third-order valence-corrected chi connectivity index (χ3v) is 4.03. The van der Waals surface area contributed by atoms with Crippen LogP contribution in [0.3, 0.4) is 0 Å². The maximum Gasteiger partial charge on any atom is 0.222 e. The molecule has 0 spiro atoms. The summed E-state index contributed by atoms with van der Waals surface area (Å²) in [4.78, 5) is 17.2. The smallest absolute Gasteiger partial charge is 0.222 e. The number of carbonyl (C=O) groups is 1. The SMILES string of the molecule is Cc1nc(CCNC(=O)CC(O)C(C)C)sc1C. The Balaban J connectivity index is 2.27. The second-order valence-corrected chi connectivity index (χ2v) is 6.15. The normalized spacial score (nSPS) is 12.8. The number of aliphatic hydroxyl groups is 1. The van der Waals surface area contributed by atoms with Gasteiger partial charge in [-0.25, -0.2) is 4.98 Å². The van der Waals surface area contributed by atoms with Crippen molar-refractivity contribution < 1.29 is 9.90 Å². The van der Waals surface area contributed by atoms with E-state index in [1.165, 1.54) is 4.88 Å². The zero-order valence-electron chi connectivity index (χ0n) is 11.5. The molecule has 1 heterocycles. The largest absolute Gasteiger partial charge is 0.392 e. The van der Waals surface area contributed by atoms with Crippen molar-refractivity contribution in [1.82, 2.24) is 10.3 Å². The Morgan fingerprint density at radius 2 is 2.11 bits per heavy atom. The molecule has 1 rings (SSSR count). The summed E-state index contributed by atoms with van der Waals surface area (Å²) in [6.45, 7) is 8.43. The molecule has 1 aromatic heterocycles. The second-order valence-electron chi connectivity index (χ2n) is 4.86. The first-order valence-electron chi connectivity index (χ1n) is 6.27. The van der Waals surface area contributed by atoms with Gasteiger partial charge in [0.1, 0.15) is 0 Å². The molecule has 0 aromatic carbocycles. The summed E-state index contributed by atoms with van der Waals surface area (Å²) in [5.41, 5.74) is 1.07. The van der Waals surface area contributed by atoms with Gasteiger partial charge in [0.2, 0.25) is 5.91 Å². The van der Waals surface area contributed by atoms with E-state index in [2.05, 4.69) is 10.3 Å². The average molecular weight is 270 g/mol. The molecule has 18 heavy (non-hydrogen) atoms. The minimum absolute atomic E-state index is 0.0961. The molecule has 0 saturated carbocycles. The minimum atomic E-state index is -0.561. The van der Waals surface area contributed by atoms with Crippen molar-refractivity contribution in [2.45, 2.75) is 46.6 Å². The fourth-order valence-electron chi connectivity index (χ4n) is 1.45. The number of nitrogens with zero attached hydrogens (tertiary/aromatic N) is 1. The van der Waals surface area contributed by atoms with Crippen LogP contribution in [0.15, 0.2) is 0 Å². The molecule has 0 aliphatic carbocycles. The van der Waals surface area contributed by atoms with Crippen LogP contribution in [0.4, 0.5) is 0 Å². The quantitative estimate of drug-likeness (QED) is 0.829. The van der Waals surface area contributed by atoms with Gasteiger partial charge in [-0.05, 0) is 19.8 Å². The van der Waals surface area contributed by atoms with Crippen molar-refractivity contribution in [1.29, 1.82) is 0 Å². The first kappa shape index (κ1) is 15.1. The van der Waals surface area contributed by atoms with Crippen LogP contribution in [0, 0.1) is 19.8 Å². The molecule has 0 radical (unpaired) electrons. The van der Waals surface area contributed by atoms with Gasteiger partial charge in [-0.2, -0.15) is 0 Å². The van der Waals surface area contributed by atoms with Crippen molar-refractivity contribution in [3.63, 3.8) is 0 Å². The molecular formula is C13H22N2O2S. The molecule has 1 amide bonds. The molecule has 0 aliphatic rings. The van der Waals surface area contributed by atoms with Crippen molar-refractivity contribution in [2.75, 3.05) is 6.54 Å². The molecule has 1 unspecified atom stereocenters. The molecule has 4 nitrogen and oxygen atoms in total. The number of amides is 1. The Kier molecular flexibility index (Phi) is 5.75. The first-order chi connectivity index (χ1) is 8.40. The van der Waals surface area contributed by atoms with E-state index in [1.807, 2.05) is 27.7 Å². The summed E-state index contributed by atoms with van der Waals surface area (Å²) in [7, 11) is 0. The van der Waals surface area contributed by atoms with Gasteiger partial charge in [-0.1, -0.05) is 13.8 Å². The van der Waals surface area contributed by atoms with Crippen LogP contribution < -0.4 is 5.32 Å². The van der Waals surface area contributed by atoms with Crippen molar-refractivity contribution in [3.8, 4) is 0 Å². The molecule has 102 valence electrons. The lowest BCUT2D eigenvalue weighted by atomic mass is 10.0. The van der Waals surface area contributed by atoms with Gasteiger partial charge >= 0.3 is 0 Å². The van der Waals surface area contributed by atoms with E-state index in [-0.39, 0.29) is 18.2 Å². The summed E-state index contributed by atoms with van der Waals surface area (Å²) < 4.78 is 0. The van der Waals surface area contributed by atoms with E-state index in [9.17, 15) is 9.90 Å². The highest BCUT2D eigenvalue weighted by molar-refractivity contribution is 7.11. The third-order valence-electron chi connectivity index (χ3n) is 2.90. The van der Waals surface area contributed by atoms with Crippen LogP contribution in [-0.2, 0) is 11.2 Å². The molecule has 5 heteroatoms. The maximum atomic E-state index is 11.5. The van der Waals surface area contributed by atoms with Crippen LogP contribution in [0.5, 0.6) is 0 Å². The number of rotatable bonds is 6. The number of hydrogen-bond acceptors (Lipinski definition) is 4. The number of hydrogen-bond donors (Lipinski definition) is 2. The van der Waals surface area contributed by atoms with Gasteiger partial charge in [-0.3, -0.25) is 4.79 Å². The molecule has 0 bridgehead atoms. The van der Waals surface area contributed by atoms with E-state index in [1.54, 1.807) is 11.3 Å². The van der Waals surface area contributed by atoms with Gasteiger partial charge in [0, 0.05) is 17.8 Å². The Bertz CT molecular complexity index is 382. The first-order valence-corrected chi connectivity index (χ1v) is 7.09. The fourth-order valence-corrected chi connectivity index (χ4v) is 2.39. The van der Waals surface area contributed by atoms with Crippen LogP contribution >= 0.6 is 11.3 Å². The molecule has 1 atom stereocenters. The zero-order chi connectivity index (χ0) is 13.7. The third kappa shape index (κ3) is 4.74. The molecule has 0 aliphatic heterocycles. The standard InChI is InChI=1S/C13H22N2O2S/c1-8(2)11(16)7-12(17)14-6-5-13-15-9(3)10(4)18-13/h8,11,16H,5-7H2,1-4H3,(H,14,17). The molecule has 1 aromatic rings. The number of nitrogens with one attached hydrogen (secondary N) is 1. The van der Waals surface area contributed by atoms with Crippen LogP contribution in [0.1, 0.15) is 35.8 Å². The predicted molar refractivity (Wildman–Crippen MR) is 73.8 cm³/mol. The summed E-state index contributed by atoms with van der Waals surface area (Å²) in [5.74, 6) is 0.0150. The Morgan fingerprint density at radius 3 is 2.61 bits per heavy atom. The Hall–Kier alpha value is -0.940. The lowest BCUT2D eigenvalue weighted by Crippen LogP contribution is -2.30. The van der Waals surface area contributed by atoms with E-state index in [0.717, 1.165) is 17.1 Å². The number of aryl methyl sites for hydroxylation is 2. The Morgan fingerprint density at radius 1 is 1.44 bits per heavy atom. The second kappa shape index (κ2) is 6.85. The van der Waals surface area contributed by atoms with E-state index >= 15 is 0 Å². The number of thiazole rings is 1. The summed E-state index contributed by atoms with van der Waals surface area (Å²) in [6, 6.07) is 0. The van der Waals surface area contributed by atoms with E-state index in [4.69, 9.17) is 0 Å². The van der Waals surface area contributed by atoms with Crippen molar-refractivity contribution in [2.24, 2.45) is 5.92 Å². The van der Waals surface area contributed by atoms with Crippen molar-refractivity contribution in [3.05, 3.63) is 15.6 Å². The average Bonchev–Trinajstić information content (AvgIpc) is 2.58. The van der Waals surface area contributed by atoms with Gasteiger partial charge < -0.3 is 10.4 Å². The van der Waals surface area contributed by atoms with E-state index in [0.29, 0.717) is 6.54 Å². The molecular weight excluding hydrogens is 248 g/mol. The Labute approximate surface area is 112 Å². The highest BCUT2D eigenvalue weighted by Crippen LogP contribution is 2.16. The number of aliphatic hydroxyl groups excluding tert-OH is 1. The lowest BCUT2D eigenvalue weighted by Gasteiger charge is -2.13.